The molecule has 1 rings (SSSR count). The molecule has 1 unspecified atom stereocenters. The van der Waals surface area contributed by atoms with E-state index < -0.39 is 12.1 Å². The summed E-state index contributed by atoms with van der Waals surface area (Å²) in [4.78, 5) is 11.3. The van der Waals surface area contributed by atoms with E-state index in [2.05, 4.69) is 0 Å². The topological polar surface area (TPSA) is 55.8 Å². The van der Waals surface area contributed by atoms with E-state index in [1.165, 1.54) is 7.11 Å². The van der Waals surface area contributed by atoms with Gasteiger partial charge in [0.25, 0.3) is 0 Å². The molecule has 0 aliphatic rings. The molecule has 88 valence electrons. The van der Waals surface area contributed by atoms with Crippen LogP contribution in [0.2, 0.25) is 0 Å². The Bertz CT molecular complexity index is 373. The molecule has 1 aromatic carbocycles. The molecule has 0 aliphatic carbocycles. The van der Waals surface area contributed by atoms with Crippen molar-refractivity contribution >= 4 is 5.97 Å². The number of rotatable bonds is 4. The van der Waals surface area contributed by atoms with Crippen LogP contribution in [0.25, 0.3) is 0 Å². The number of ether oxygens (including phenoxy) is 2. The maximum Gasteiger partial charge on any atom is 0.339 e. The second-order valence-electron chi connectivity index (χ2n) is 3.44. The van der Waals surface area contributed by atoms with E-state index in [0.717, 1.165) is 5.56 Å². The van der Waals surface area contributed by atoms with Gasteiger partial charge in [0.15, 0.2) is 6.10 Å². The van der Waals surface area contributed by atoms with Gasteiger partial charge in [-0.15, -0.1) is 0 Å². The Hall–Kier alpha value is -1.55. The van der Waals surface area contributed by atoms with Gasteiger partial charge >= 0.3 is 5.97 Å². The first kappa shape index (κ1) is 12.5. The van der Waals surface area contributed by atoms with E-state index in [-0.39, 0.29) is 6.61 Å². The summed E-state index contributed by atoms with van der Waals surface area (Å²) in [6, 6.07) is 5.17. The van der Waals surface area contributed by atoms with Crippen molar-refractivity contribution in [3.8, 4) is 5.75 Å². The van der Waals surface area contributed by atoms with Gasteiger partial charge in [0.05, 0.1) is 13.7 Å². The maximum absolute atomic E-state index is 11.3. The zero-order chi connectivity index (χ0) is 12.1. The minimum absolute atomic E-state index is 0.249. The Morgan fingerprint density at radius 3 is 2.69 bits per heavy atom. The normalized spacial score (nSPS) is 12.0. The lowest BCUT2D eigenvalue weighted by molar-refractivity contribution is -0.153. The van der Waals surface area contributed by atoms with Gasteiger partial charge < -0.3 is 14.6 Å². The van der Waals surface area contributed by atoms with Crippen LogP contribution >= 0.6 is 0 Å². The third kappa shape index (κ3) is 2.97. The number of benzene rings is 1. The molecule has 0 aliphatic heterocycles. The molecular formula is C12H16O4. The molecule has 0 fully saturated rings. The van der Waals surface area contributed by atoms with Gasteiger partial charge in [-0.2, -0.15) is 0 Å². The molecule has 0 spiro atoms. The standard InChI is InChI=1S/C12H16O4/c1-4-16-12(14)11(13)9-5-8(2)6-10(7-9)15-3/h5-7,11,13H,4H2,1-3H3. The average Bonchev–Trinajstić information content (AvgIpc) is 2.27. The van der Waals surface area contributed by atoms with Gasteiger partial charge in [0.2, 0.25) is 0 Å². The molecule has 4 heteroatoms. The second-order valence-corrected chi connectivity index (χ2v) is 3.44. The summed E-state index contributed by atoms with van der Waals surface area (Å²) in [5.41, 5.74) is 1.40. The first-order valence-electron chi connectivity index (χ1n) is 5.08. The molecule has 0 radical (unpaired) electrons. The Morgan fingerprint density at radius 2 is 2.12 bits per heavy atom. The summed E-state index contributed by atoms with van der Waals surface area (Å²) in [6.07, 6.45) is -1.26. The van der Waals surface area contributed by atoms with Gasteiger partial charge in [-0.3, -0.25) is 0 Å². The number of aliphatic hydroxyl groups is 1. The van der Waals surface area contributed by atoms with Crippen LogP contribution in [-0.4, -0.2) is 24.8 Å². The third-order valence-corrected chi connectivity index (χ3v) is 2.13. The summed E-state index contributed by atoms with van der Waals surface area (Å²) in [6.45, 7) is 3.81. The molecule has 1 atom stereocenters. The highest BCUT2D eigenvalue weighted by molar-refractivity contribution is 5.76. The van der Waals surface area contributed by atoms with Crippen LogP contribution in [0, 0.1) is 6.92 Å². The number of aryl methyl sites for hydroxylation is 1. The quantitative estimate of drug-likeness (QED) is 0.789. The molecule has 1 N–H and O–H groups in total. The molecule has 4 nitrogen and oxygen atoms in total. The lowest BCUT2D eigenvalue weighted by atomic mass is 10.1. The number of hydrogen-bond acceptors (Lipinski definition) is 4. The molecule has 0 saturated heterocycles. The van der Waals surface area contributed by atoms with E-state index in [1.54, 1.807) is 19.1 Å². The van der Waals surface area contributed by atoms with Crippen LogP contribution in [0.15, 0.2) is 18.2 Å². The molecular weight excluding hydrogens is 208 g/mol. The van der Waals surface area contributed by atoms with Crippen LogP contribution < -0.4 is 4.74 Å². The predicted molar refractivity (Wildman–Crippen MR) is 59.3 cm³/mol. The van der Waals surface area contributed by atoms with E-state index in [0.29, 0.717) is 11.3 Å². The largest absolute Gasteiger partial charge is 0.497 e. The molecule has 0 amide bonds. The number of carbonyl (C=O) groups is 1. The predicted octanol–water partition coefficient (Wildman–Crippen LogP) is 1.60. The van der Waals surface area contributed by atoms with Crippen molar-refractivity contribution in [2.24, 2.45) is 0 Å². The smallest absolute Gasteiger partial charge is 0.339 e. The van der Waals surface area contributed by atoms with Crippen molar-refractivity contribution in [3.63, 3.8) is 0 Å². The van der Waals surface area contributed by atoms with E-state index in [9.17, 15) is 9.90 Å². The lowest BCUT2D eigenvalue weighted by Gasteiger charge is -2.12. The number of esters is 1. The molecule has 1 aromatic rings. The van der Waals surface area contributed by atoms with E-state index >= 15 is 0 Å². The minimum Gasteiger partial charge on any atom is -0.497 e. The molecule has 0 bridgehead atoms. The zero-order valence-corrected chi connectivity index (χ0v) is 9.69. The summed E-state index contributed by atoms with van der Waals surface area (Å²) >= 11 is 0. The number of methoxy groups -OCH3 is 1. The van der Waals surface area contributed by atoms with Gasteiger partial charge in [-0.1, -0.05) is 6.07 Å². The fourth-order valence-corrected chi connectivity index (χ4v) is 1.41. The van der Waals surface area contributed by atoms with Crippen LogP contribution in [0.5, 0.6) is 5.75 Å². The van der Waals surface area contributed by atoms with Crippen molar-refractivity contribution in [2.45, 2.75) is 20.0 Å². The Labute approximate surface area is 94.8 Å². The first-order valence-corrected chi connectivity index (χ1v) is 5.08. The fourth-order valence-electron chi connectivity index (χ4n) is 1.41. The number of hydrogen-bond donors (Lipinski definition) is 1. The van der Waals surface area contributed by atoms with Crippen molar-refractivity contribution < 1.29 is 19.4 Å². The van der Waals surface area contributed by atoms with Crippen LogP contribution in [0.3, 0.4) is 0 Å². The van der Waals surface area contributed by atoms with Crippen LogP contribution in [-0.2, 0) is 9.53 Å². The highest BCUT2D eigenvalue weighted by atomic mass is 16.5. The third-order valence-electron chi connectivity index (χ3n) is 2.13. The number of carbonyl (C=O) groups excluding carboxylic acids is 1. The SMILES string of the molecule is CCOC(=O)C(O)c1cc(C)cc(OC)c1. The zero-order valence-electron chi connectivity index (χ0n) is 9.69. The van der Waals surface area contributed by atoms with Crippen molar-refractivity contribution in [3.05, 3.63) is 29.3 Å². The van der Waals surface area contributed by atoms with Crippen molar-refractivity contribution in [1.82, 2.24) is 0 Å². The summed E-state index contributed by atoms with van der Waals surface area (Å²) in [5, 5.41) is 9.73. The Morgan fingerprint density at radius 1 is 1.44 bits per heavy atom. The molecule has 16 heavy (non-hydrogen) atoms. The lowest BCUT2D eigenvalue weighted by Crippen LogP contribution is -2.15. The highest BCUT2D eigenvalue weighted by Crippen LogP contribution is 2.22. The first-order chi connectivity index (χ1) is 7.58. The monoisotopic (exact) mass is 224 g/mol. The van der Waals surface area contributed by atoms with Gasteiger partial charge in [-0.25, -0.2) is 4.79 Å². The minimum atomic E-state index is -1.26. The highest BCUT2D eigenvalue weighted by Gasteiger charge is 2.19. The van der Waals surface area contributed by atoms with Crippen LogP contribution in [0.4, 0.5) is 0 Å². The van der Waals surface area contributed by atoms with Gasteiger partial charge in [-0.05, 0) is 37.1 Å². The van der Waals surface area contributed by atoms with E-state index in [4.69, 9.17) is 9.47 Å². The maximum atomic E-state index is 11.3. The van der Waals surface area contributed by atoms with E-state index in [1.807, 2.05) is 13.0 Å². The average molecular weight is 224 g/mol. The van der Waals surface area contributed by atoms with Crippen LogP contribution in [0.1, 0.15) is 24.2 Å². The molecule has 0 saturated carbocycles. The summed E-state index contributed by atoms with van der Waals surface area (Å²) < 4.78 is 9.80. The Kier molecular flexibility index (Phi) is 4.31. The van der Waals surface area contributed by atoms with Crippen molar-refractivity contribution in [1.29, 1.82) is 0 Å². The fraction of sp³-hybridized carbons (Fsp3) is 0.417. The summed E-state index contributed by atoms with van der Waals surface area (Å²) in [7, 11) is 1.54. The van der Waals surface area contributed by atoms with Gasteiger partial charge in [0.1, 0.15) is 5.75 Å². The molecule has 0 heterocycles. The summed E-state index contributed by atoms with van der Waals surface area (Å²) in [5.74, 6) is -0.0338. The van der Waals surface area contributed by atoms with Gasteiger partial charge in [0, 0.05) is 0 Å². The van der Waals surface area contributed by atoms with Crippen molar-refractivity contribution in [2.75, 3.05) is 13.7 Å². The molecule has 0 aromatic heterocycles. The number of aliphatic hydroxyl groups excluding tert-OH is 1. The second kappa shape index (κ2) is 5.51. The Balaban J connectivity index is 2.94.